The molecule has 4 amide bonds. The molecule has 3 heterocycles. The molecule has 3 aromatic rings. The zero-order chi connectivity index (χ0) is 23.4. The third kappa shape index (κ3) is 5.00. The first kappa shape index (κ1) is 22.3. The van der Waals surface area contributed by atoms with Gasteiger partial charge in [0.05, 0.1) is 11.4 Å². The van der Waals surface area contributed by atoms with Gasteiger partial charge in [-0.15, -0.1) is 0 Å². The lowest BCUT2D eigenvalue weighted by Crippen LogP contribution is -2.29. The van der Waals surface area contributed by atoms with Crippen molar-refractivity contribution in [3.8, 4) is 0 Å². The number of anilines is 2. The van der Waals surface area contributed by atoms with Crippen LogP contribution in [0.1, 0.15) is 43.8 Å². The van der Waals surface area contributed by atoms with Crippen molar-refractivity contribution in [3.63, 3.8) is 0 Å². The van der Waals surface area contributed by atoms with E-state index in [1.807, 2.05) is 0 Å². The lowest BCUT2D eigenvalue weighted by molar-refractivity contribution is -0.116. The predicted molar refractivity (Wildman–Crippen MR) is 114 cm³/mol. The van der Waals surface area contributed by atoms with E-state index in [1.54, 1.807) is 42.5 Å². The summed E-state index contributed by atoms with van der Waals surface area (Å²) in [7, 11) is 3.36. The summed E-state index contributed by atoms with van der Waals surface area (Å²) in [5.74, 6) is -1.57. The van der Waals surface area contributed by atoms with Crippen LogP contribution in [0.4, 0.5) is 11.5 Å². The highest BCUT2D eigenvalue weighted by molar-refractivity contribution is 6.03. The third-order valence-corrected chi connectivity index (χ3v) is 4.53. The van der Waals surface area contributed by atoms with Gasteiger partial charge in [-0.05, 0) is 13.0 Å². The van der Waals surface area contributed by atoms with Gasteiger partial charge < -0.3 is 35.8 Å². The van der Waals surface area contributed by atoms with Gasteiger partial charge in [0.15, 0.2) is 17.5 Å². The van der Waals surface area contributed by atoms with Crippen molar-refractivity contribution < 1.29 is 19.2 Å². The summed E-state index contributed by atoms with van der Waals surface area (Å²) in [5, 5.41) is 7.89. The number of nitrogens with two attached hydrogens (primary N) is 1. The fourth-order valence-corrected chi connectivity index (χ4v) is 2.90. The summed E-state index contributed by atoms with van der Waals surface area (Å²) in [5.41, 5.74) is 6.37. The molecule has 0 fully saturated rings. The van der Waals surface area contributed by atoms with Crippen LogP contribution in [0.5, 0.6) is 0 Å². The summed E-state index contributed by atoms with van der Waals surface area (Å²) in [4.78, 5) is 58.5. The maximum absolute atomic E-state index is 12.5. The van der Waals surface area contributed by atoms with Gasteiger partial charge >= 0.3 is 0 Å². The van der Waals surface area contributed by atoms with Crippen molar-refractivity contribution in [2.24, 2.45) is 19.8 Å². The van der Waals surface area contributed by atoms with Gasteiger partial charge in [-0.3, -0.25) is 19.2 Å². The molecule has 0 unspecified atom stereocenters. The van der Waals surface area contributed by atoms with Crippen LogP contribution in [0.2, 0.25) is 0 Å². The second kappa shape index (κ2) is 9.16. The molecule has 0 bridgehead atoms. The van der Waals surface area contributed by atoms with E-state index in [0.29, 0.717) is 17.1 Å². The van der Waals surface area contributed by atoms with Crippen LogP contribution in [0.3, 0.4) is 0 Å². The molecule has 168 valence electrons. The minimum Gasteiger partial charge on any atom is -0.363 e. The first-order valence-corrected chi connectivity index (χ1v) is 9.55. The average Bonchev–Trinajstić information content (AvgIpc) is 3.41. The highest BCUT2D eigenvalue weighted by Gasteiger charge is 2.17. The SMILES string of the molecule is Cc1[nH]c(C(N)=O)nc1NC(=O)CCNC(=O)c1cc(NC(=O)c2nccn2C)cn1C. The molecule has 0 aliphatic carbocycles. The van der Waals surface area contributed by atoms with Crippen LogP contribution in [0.25, 0.3) is 0 Å². The number of primary amides is 1. The number of nitrogens with zero attached hydrogens (tertiary/aromatic N) is 4. The fourth-order valence-electron chi connectivity index (χ4n) is 2.90. The number of nitrogens with one attached hydrogen (secondary N) is 4. The minimum atomic E-state index is -0.737. The van der Waals surface area contributed by atoms with E-state index in [-0.39, 0.29) is 30.4 Å². The Bertz CT molecular complexity index is 1190. The van der Waals surface area contributed by atoms with Crippen LogP contribution >= 0.6 is 0 Å². The summed E-state index contributed by atoms with van der Waals surface area (Å²) >= 11 is 0. The van der Waals surface area contributed by atoms with Gasteiger partial charge in [0.1, 0.15) is 5.69 Å². The topological polar surface area (TPSA) is 182 Å². The maximum Gasteiger partial charge on any atom is 0.291 e. The first-order valence-electron chi connectivity index (χ1n) is 9.55. The molecule has 3 aromatic heterocycles. The van der Waals surface area contributed by atoms with E-state index in [9.17, 15) is 19.2 Å². The van der Waals surface area contributed by atoms with Gasteiger partial charge in [0, 0.05) is 45.7 Å². The number of amides is 4. The Morgan fingerprint density at radius 3 is 2.50 bits per heavy atom. The molecule has 0 radical (unpaired) electrons. The maximum atomic E-state index is 12.5. The molecule has 3 rings (SSSR count). The number of hydrogen-bond acceptors (Lipinski definition) is 6. The van der Waals surface area contributed by atoms with Gasteiger partial charge in [-0.1, -0.05) is 0 Å². The van der Waals surface area contributed by atoms with E-state index in [2.05, 4.69) is 30.9 Å². The molecule has 13 nitrogen and oxygen atoms in total. The van der Waals surface area contributed by atoms with Crippen molar-refractivity contribution in [3.05, 3.63) is 47.7 Å². The Kier molecular flexibility index (Phi) is 6.37. The Hall–Kier alpha value is -4.42. The minimum absolute atomic E-state index is 0.0167. The molecule has 0 aliphatic heterocycles. The van der Waals surface area contributed by atoms with Crippen LogP contribution in [-0.4, -0.2) is 54.3 Å². The van der Waals surface area contributed by atoms with Crippen LogP contribution < -0.4 is 21.7 Å². The normalized spacial score (nSPS) is 10.6. The predicted octanol–water partition coefficient (Wildman–Crippen LogP) is -0.100. The highest BCUT2D eigenvalue weighted by Crippen LogP contribution is 2.14. The molecule has 0 atom stereocenters. The molecular weight excluding hydrogens is 418 g/mol. The van der Waals surface area contributed by atoms with Gasteiger partial charge in [-0.25, -0.2) is 9.97 Å². The first-order chi connectivity index (χ1) is 15.2. The number of imidazole rings is 2. The van der Waals surface area contributed by atoms with Crippen molar-refractivity contribution in [1.29, 1.82) is 0 Å². The van der Waals surface area contributed by atoms with Crippen molar-refractivity contribution >= 4 is 35.1 Å². The van der Waals surface area contributed by atoms with E-state index >= 15 is 0 Å². The van der Waals surface area contributed by atoms with Crippen LogP contribution in [0, 0.1) is 6.92 Å². The van der Waals surface area contributed by atoms with E-state index in [0.717, 1.165) is 0 Å². The Morgan fingerprint density at radius 1 is 1.12 bits per heavy atom. The molecule has 0 saturated carbocycles. The van der Waals surface area contributed by atoms with Crippen molar-refractivity contribution in [2.45, 2.75) is 13.3 Å². The standard InChI is InChI=1S/C19H23N9O4/c1-10-15(26-16(23-10)14(20)30)25-13(29)4-5-22-18(31)12-8-11(9-28(12)3)24-19(32)17-21-6-7-27(17)2/h6-9H,4-5H2,1-3H3,(H2,20,30)(H,22,31)(H,23,26)(H,24,32)(H,25,29). The number of aromatic amines is 1. The van der Waals surface area contributed by atoms with Gasteiger partial charge in [0.25, 0.3) is 17.7 Å². The third-order valence-electron chi connectivity index (χ3n) is 4.53. The van der Waals surface area contributed by atoms with Gasteiger partial charge in [-0.2, -0.15) is 0 Å². The number of carbonyl (C=O) groups excluding carboxylic acids is 4. The zero-order valence-corrected chi connectivity index (χ0v) is 17.7. The number of aryl methyl sites for hydroxylation is 3. The monoisotopic (exact) mass is 441 g/mol. The molecule has 0 aromatic carbocycles. The fraction of sp³-hybridized carbons (Fsp3) is 0.263. The largest absolute Gasteiger partial charge is 0.363 e. The lowest BCUT2D eigenvalue weighted by atomic mass is 10.3. The quantitative estimate of drug-likeness (QED) is 0.325. The summed E-state index contributed by atoms with van der Waals surface area (Å²) in [6.07, 6.45) is 4.74. The molecular formula is C19H23N9O4. The van der Waals surface area contributed by atoms with Crippen molar-refractivity contribution in [2.75, 3.05) is 17.2 Å². The Labute approximate surface area is 182 Å². The molecule has 13 heteroatoms. The lowest BCUT2D eigenvalue weighted by Gasteiger charge is -2.06. The van der Waals surface area contributed by atoms with Crippen LogP contribution in [0.15, 0.2) is 24.7 Å². The summed E-state index contributed by atoms with van der Waals surface area (Å²) in [6.45, 7) is 1.70. The number of carbonyl (C=O) groups is 4. The number of hydrogen-bond donors (Lipinski definition) is 5. The Morgan fingerprint density at radius 2 is 1.88 bits per heavy atom. The number of H-pyrrole nitrogens is 1. The molecule has 0 aliphatic rings. The Balaban J connectivity index is 1.52. The molecule has 0 spiro atoms. The van der Waals surface area contributed by atoms with E-state index in [4.69, 9.17) is 5.73 Å². The number of rotatable bonds is 8. The summed E-state index contributed by atoms with van der Waals surface area (Å²) < 4.78 is 3.14. The van der Waals surface area contributed by atoms with Gasteiger partial charge in [0.2, 0.25) is 5.91 Å². The zero-order valence-electron chi connectivity index (χ0n) is 17.7. The van der Waals surface area contributed by atoms with Crippen LogP contribution in [-0.2, 0) is 18.9 Å². The molecule has 0 saturated heterocycles. The summed E-state index contributed by atoms with van der Waals surface area (Å²) in [6, 6.07) is 1.52. The smallest absolute Gasteiger partial charge is 0.291 e. The van der Waals surface area contributed by atoms with Crippen molar-refractivity contribution in [1.82, 2.24) is 29.4 Å². The number of aromatic nitrogens is 5. The van der Waals surface area contributed by atoms with E-state index in [1.165, 1.54) is 12.3 Å². The molecule has 32 heavy (non-hydrogen) atoms. The van der Waals surface area contributed by atoms with E-state index < -0.39 is 23.6 Å². The average molecular weight is 441 g/mol. The molecule has 6 N–H and O–H groups in total. The highest BCUT2D eigenvalue weighted by atomic mass is 16.2. The second-order valence-electron chi connectivity index (χ2n) is 7.02. The second-order valence-corrected chi connectivity index (χ2v) is 7.02.